The number of benzene rings is 1. The van der Waals surface area contributed by atoms with Crippen LogP contribution in [-0.4, -0.2) is 39.5 Å². The Morgan fingerprint density at radius 1 is 1.50 bits per heavy atom. The lowest BCUT2D eigenvalue weighted by Gasteiger charge is -2.20. The van der Waals surface area contributed by atoms with Crippen molar-refractivity contribution in [2.24, 2.45) is 11.7 Å². The molecule has 1 aromatic carbocycles. The number of anilines is 1. The van der Waals surface area contributed by atoms with E-state index in [2.05, 4.69) is 4.72 Å². The zero-order valence-electron chi connectivity index (χ0n) is 12.5. The summed E-state index contributed by atoms with van der Waals surface area (Å²) in [5.41, 5.74) is 6.11. The van der Waals surface area contributed by atoms with E-state index in [-0.39, 0.29) is 22.5 Å². The largest absolute Gasteiger partial charge is 0.366 e. The first-order chi connectivity index (χ1) is 10.3. The molecule has 0 aliphatic carbocycles. The summed E-state index contributed by atoms with van der Waals surface area (Å²) in [5, 5.41) is 11.3. The maximum absolute atomic E-state index is 11.8. The van der Waals surface area contributed by atoms with Gasteiger partial charge in [0.05, 0.1) is 9.82 Å². The number of nitrogens with one attached hydrogen (secondary N) is 1. The summed E-state index contributed by atoms with van der Waals surface area (Å²) in [5.74, 6) is 0.278. The number of nitro groups is 1. The Bertz CT molecular complexity index is 675. The van der Waals surface area contributed by atoms with Crippen molar-refractivity contribution in [1.29, 1.82) is 0 Å². The maximum Gasteiger partial charge on any atom is 0.293 e. The lowest BCUT2D eigenvalue weighted by molar-refractivity contribution is -0.384. The van der Waals surface area contributed by atoms with E-state index >= 15 is 0 Å². The van der Waals surface area contributed by atoms with Crippen LogP contribution in [0.1, 0.15) is 13.3 Å². The Hall–Kier alpha value is -1.71. The number of hydrogen-bond acceptors (Lipinski definition) is 6. The third kappa shape index (κ3) is 3.21. The van der Waals surface area contributed by atoms with Crippen molar-refractivity contribution >= 4 is 21.4 Å². The van der Waals surface area contributed by atoms with Crippen molar-refractivity contribution in [1.82, 2.24) is 4.72 Å². The van der Waals surface area contributed by atoms with Crippen LogP contribution in [0.15, 0.2) is 23.1 Å². The summed E-state index contributed by atoms with van der Waals surface area (Å²) < 4.78 is 25.7. The molecule has 0 saturated carbocycles. The molecule has 1 aliphatic rings. The Morgan fingerprint density at radius 3 is 2.68 bits per heavy atom. The molecule has 0 bridgehead atoms. The zero-order valence-corrected chi connectivity index (χ0v) is 13.3. The molecule has 22 heavy (non-hydrogen) atoms. The van der Waals surface area contributed by atoms with E-state index in [1.54, 1.807) is 0 Å². The van der Waals surface area contributed by atoms with Gasteiger partial charge in [-0.25, -0.2) is 13.1 Å². The minimum atomic E-state index is -3.71. The van der Waals surface area contributed by atoms with Gasteiger partial charge in [0.15, 0.2) is 0 Å². The van der Waals surface area contributed by atoms with Crippen molar-refractivity contribution in [3.63, 3.8) is 0 Å². The average molecular weight is 328 g/mol. The Labute approximate surface area is 129 Å². The first-order valence-corrected chi connectivity index (χ1v) is 8.47. The van der Waals surface area contributed by atoms with E-state index < -0.39 is 14.9 Å². The summed E-state index contributed by atoms with van der Waals surface area (Å²) in [6.07, 6.45) is 0.866. The molecule has 8 nitrogen and oxygen atoms in total. The molecule has 1 aliphatic heterocycles. The first kappa shape index (κ1) is 16.7. The molecule has 1 heterocycles. The summed E-state index contributed by atoms with van der Waals surface area (Å²) >= 11 is 0. The molecule has 1 fully saturated rings. The highest BCUT2D eigenvalue weighted by atomic mass is 32.2. The highest BCUT2D eigenvalue weighted by Crippen LogP contribution is 2.34. The van der Waals surface area contributed by atoms with Gasteiger partial charge in [0.2, 0.25) is 10.0 Å². The highest BCUT2D eigenvalue weighted by Gasteiger charge is 2.30. The Balaban J connectivity index is 2.39. The van der Waals surface area contributed by atoms with Crippen LogP contribution in [0.4, 0.5) is 11.4 Å². The zero-order chi connectivity index (χ0) is 16.5. The number of rotatable bonds is 5. The quantitative estimate of drug-likeness (QED) is 0.606. The summed E-state index contributed by atoms with van der Waals surface area (Å²) in [6, 6.07) is 3.99. The fraction of sp³-hybridized carbons (Fsp3) is 0.538. The third-order valence-electron chi connectivity index (χ3n) is 4.03. The van der Waals surface area contributed by atoms with Crippen LogP contribution in [0.3, 0.4) is 0 Å². The maximum atomic E-state index is 11.8. The molecule has 9 heteroatoms. The van der Waals surface area contributed by atoms with E-state index in [0.29, 0.717) is 18.8 Å². The second-order valence-corrected chi connectivity index (χ2v) is 7.36. The first-order valence-electron chi connectivity index (χ1n) is 6.98. The standard InChI is InChI=1S/C13H20N4O4S/c1-9(14)10-5-6-16(8-10)12-4-3-11(22(20,21)15-2)7-13(12)17(18)19/h3-4,7,9-10,15H,5-6,8,14H2,1-2H3. The van der Waals surface area contributed by atoms with Crippen LogP contribution >= 0.6 is 0 Å². The van der Waals surface area contributed by atoms with Crippen LogP contribution in [0, 0.1) is 16.0 Å². The predicted octanol–water partition coefficient (Wildman–Crippen LogP) is 0.676. The second kappa shape index (κ2) is 6.19. The molecule has 122 valence electrons. The number of sulfonamides is 1. The lowest BCUT2D eigenvalue weighted by atomic mass is 10.0. The fourth-order valence-electron chi connectivity index (χ4n) is 2.64. The normalized spacial score (nSPS) is 20.1. The second-order valence-electron chi connectivity index (χ2n) is 5.47. The predicted molar refractivity (Wildman–Crippen MR) is 83.3 cm³/mol. The van der Waals surface area contributed by atoms with Crippen LogP contribution in [0.2, 0.25) is 0 Å². The molecule has 0 amide bonds. The van der Waals surface area contributed by atoms with Gasteiger partial charge in [-0.3, -0.25) is 10.1 Å². The van der Waals surface area contributed by atoms with Gasteiger partial charge in [-0.05, 0) is 38.4 Å². The van der Waals surface area contributed by atoms with Crippen molar-refractivity contribution in [3.8, 4) is 0 Å². The molecule has 1 saturated heterocycles. The van der Waals surface area contributed by atoms with Gasteiger partial charge in [0.1, 0.15) is 5.69 Å². The Morgan fingerprint density at radius 2 is 2.18 bits per heavy atom. The van der Waals surface area contributed by atoms with E-state index in [1.165, 1.54) is 19.2 Å². The molecule has 1 aromatic rings. The number of nitro benzene ring substituents is 1. The van der Waals surface area contributed by atoms with Crippen molar-refractivity contribution in [2.45, 2.75) is 24.3 Å². The van der Waals surface area contributed by atoms with Crippen LogP contribution < -0.4 is 15.4 Å². The lowest BCUT2D eigenvalue weighted by Crippen LogP contribution is -2.30. The SMILES string of the molecule is CNS(=O)(=O)c1ccc(N2CCC(C(C)N)C2)c([N+](=O)[O-])c1. The van der Waals surface area contributed by atoms with Gasteiger partial charge in [-0.2, -0.15) is 0 Å². The van der Waals surface area contributed by atoms with Crippen LogP contribution in [0.5, 0.6) is 0 Å². The average Bonchev–Trinajstić information content (AvgIpc) is 2.96. The van der Waals surface area contributed by atoms with Gasteiger partial charge in [-0.1, -0.05) is 0 Å². The molecule has 0 aromatic heterocycles. The summed E-state index contributed by atoms with van der Waals surface area (Å²) in [7, 11) is -2.45. The number of nitrogens with zero attached hydrogens (tertiary/aromatic N) is 2. The monoisotopic (exact) mass is 328 g/mol. The molecular weight excluding hydrogens is 308 g/mol. The molecule has 2 atom stereocenters. The minimum absolute atomic E-state index is 0.0213. The van der Waals surface area contributed by atoms with E-state index in [0.717, 1.165) is 12.5 Å². The van der Waals surface area contributed by atoms with Gasteiger partial charge < -0.3 is 10.6 Å². The topological polar surface area (TPSA) is 119 Å². The van der Waals surface area contributed by atoms with E-state index in [4.69, 9.17) is 5.73 Å². The summed E-state index contributed by atoms with van der Waals surface area (Å²) in [6.45, 7) is 3.23. The van der Waals surface area contributed by atoms with Gasteiger partial charge in [0.25, 0.3) is 5.69 Å². The molecular formula is C13H20N4O4S. The highest BCUT2D eigenvalue weighted by molar-refractivity contribution is 7.89. The molecule has 0 spiro atoms. The number of hydrogen-bond donors (Lipinski definition) is 2. The van der Waals surface area contributed by atoms with E-state index in [1.807, 2.05) is 11.8 Å². The van der Waals surface area contributed by atoms with Crippen molar-refractivity contribution in [2.75, 3.05) is 25.0 Å². The van der Waals surface area contributed by atoms with Crippen molar-refractivity contribution < 1.29 is 13.3 Å². The smallest absolute Gasteiger partial charge is 0.293 e. The summed E-state index contributed by atoms with van der Waals surface area (Å²) in [4.78, 5) is 12.5. The minimum Gasteiger partial charge on any atom is -0.366 e. The third-order valence-corrected chi connectivity index (χ3v) is 5.44. The van der Waals surface area contributed by atoms with E-state index in [9.17, 15) is 18.5 Å². The molecule has 0 radical (unpaired) electrons. The fourth-order valence-corrected chi connectivity index (χ4v) is 3.39. The van der Waals surface area contributed by atoms with Gasteiger partial charge in [-0.15, -0.1) is 0 Å². The van der Waals surface area contributed by atoms with Crippen molar-refractivity contribution in [3.05, 3.63) is 28.3 Å². The molecule has 2 rings (SSSR count). The molecule has 2 unspecified atom stereocenters. The molecule has 3 N–H and O–H groups in total. The van der Waals surface area contributed by atoms with Crippen LogP contribution in [-0.2, 0) is 10.0 Å². The van der Waals surface area contributed by atoms with Gasteiger partial charge >= 0.3 is 0 Å². The van der Waals surface area contributed by atoms with Gasteiger partial charge in [0, 0.05) is 25.2 Å². The number of nitrogens with two attached hydrogens (primary N) is 1. The van der Waals surface area contributed by atoms with Crippen LogP contribution in [0.25, 0.3) is 0 Å². The Kier molecular flexibility index (Phi) is 4.69.